The molecule has 182 valence electrons. The molecule has 0 bridgehead atoms. The van der Waals surface area contributed by atoms with Gasteiger partial charge < -0.3 is 14.2 Å². The molecule has 0 aliphatic rings. The zero-order chi connectivity index (χ0) is 24.4. The van der Waals surface area contributed by atoms with E-state index in [1.807, 2.05) is 30.3 Å². The topological polar surface area (TPSA) is 44.8 Å². The highest BCUT2D eigenvalue weighted by molar-refractivity contribution is 5.72. The van der Waals surface area contributed by atoms with E-state index in [0.717, 1.165) is 12.2 Å². The van der Waals surface area contributed by atoms with Crippen molar-refractivity contribution in [1.29, 1.82) is 0 Å². The molecule has 0 spiro atoms. The van der Waals surface area contributed by atoms with E-state index >= 15 is 0 Å². The molecular formula is C29H42O4. The van der Waals surface area contributed by atoms with Crippen LogP contribution in [-0.4, -0.2) is 18.9 Å². The van der Waals surface area contributed by atoms with Gasteiger partial charge in [-0.25, -0.2) is 0 Å². The highest BCUT2D eigenvalue weighted by Gasteiger charge is 2.27. The Labute approximate surface area is 200 Å². The number of carbonyl (C=O) groups excluding carboxylic acids is 1. The quantitative estimate of drug-likeness (QED) is 0.143. The smallest absolute Gasteiger partial charge is 0.311 e. The van der Waals surface area contributed by atoms with Crippen molar-refractivity contribution in [2.45, 2.75) is 79.9 Å². The van der Waals surface area contributed by atoms with Gasteiger partial charge in [-0.2, -0.15) is 0 Å². The minimum atomic E-state index is -0.366. The molecule has 0 radical (unpaired) electrons. The molecule has 0 saturated heterocycles. The van der Waals surface area contributed by atoms with Gasteiger partial charge in [0.2, 0.25) is 6.29 Å². The van der Waals surface area contributed by atoms with Gasteiger partial charge in [-0.15, -0.1) is 0 Å². The van der Waals surface area contributed by atoms with Crippen LogP contribution in [0.25, 0.3) is 0 Å². The summed E-state index contributed by atoms with van der Waals surface area (Å²) >= 11 is 0. The van der Waals surface area contributed by atoms with E-state index in [1.54, 1.807) is 12.1 Å². The van der Waals surface area contributed by atoms with E-state index in [9.17, 15) is 4.79 Å². The van der Waals surface area contributed by atoms with Crippen LogP contribution in [0.2, 0.25) is 0 Å². The number of benzene rings is 2. The number of hydrogen-bond acceptors (Lipinski definition) is 4. The molecule has 2 unspecified atom stereocenters. The number of esters is 1. The van der Waals surface area contributed by atoms with Crippen molar-refractivity contribution in [2.75, 3.05) is 6.61 Å². The van der Waals surface area contributed by atoms with Crippen LogP contribution in [-0.2, 0) is 9.53 Å². The van der Waals surface area contributed by atoms with Crippen LogP contribution in [0.4, 0.5) is 0 Å². The van der Waals surface area contributed by atoms with Crippen LogP contribution in [0.3, 0.4) is 0 Å². The van der Waals surface area contributed by atoms with Gasteiger partial charge in [-0.05, 0) is 59.9 Å². The lowest BCUT2D eigenvalue weighted by Crippen LogP contribution is -2.27. The lowest BCUT2D eigenvalue weighted by molar-refractivity contribution is -0.136. The Bertz CT molecular complexity index is 819. The van der Waals surface area contributed by atoms with Crippen molar-refractivity contribution < 1.29 is 19.0 Å². The van der Waals surface area contributed by atoms with Gasteiger partial charge in [0.15, 0.2) is 0 Å². The van der Waals surface area contributed by atoms with Gasteiger partial charge in [-0.1, -0.05) is 78.8 Å². The van der Waals surface area contributed by atoms with Crippen molar-refractivity contribution in [3.63, 3.8) is 0 Å². The summed E-state index contributed by atoms with van der Waals surface area (Å²) in [7, 11) is 0. The molecule has 4 nitrogen and oxygen atoms in total. The molecule has 0 N–H and O–H groups in total. The molecular weight excluding hydrogens is 412 g/mol. The summed E-state index contributed by atoms with van der Waals surface area (Å²) in [5.41, 5.74) is 1.56. The van der Waals surface area contributed by atoms with Crippen LogP contribution >= 0.6 is 0 Å². The third-order valence-corrected chi connectivity index (χ3v) is 5.61. The summed E-state index contributed by atoms with van der Waals surface area (Å²) in [5.74, 6) is 2.45. The lowest BCUT2D eigenvalue weighted by Gasteiger charge is -2.33. The van der Waals surface area contributed by atoms with Gasteiger partial charge in [-0.3, -0.25) is 4.79 Å². The first-order valence-corrected chi connectivity index (χ1v) is 12.2. The van der Waals surface area contributed by atoms with Gasteiger partial charge in [0, 0.05) is 12.3 Å². The monoisotopic (exact) mass is 454 g/mol. The Morgan fingerprint density at radius 3 is 2.06 bits per heavy atom. The first-order chi connectivity index (χ1) is 15.6. The molecule has 2 aromatic carbocycles. The molecule has 2 rings (SSSR count). The molecule has 0 amide bonds. The standard InChI is InChI=1S/C29H42O4/c1-21(2)20-26(29(5,6)7)23-15-17-25(18-16-23)33-28(22(3)4)31-19-11-14-27(30)32-24-12-9-8-10-13-24/h8-10,12-13,15-18,21-22,26,28H,11,14,19-20H2,1-7H3. The Morgan fingerprint density at radius 2 is 1.52 bits per heavy atom. The van der Waals surface area contributed by atoms with Crippen molar-refractivity contribution in [3.05, 3.63) is 60.2 Å². The maximum atomic E-state index is 12.0. The van der Waals surface area contributed by atoms with Crippen LogP contribution < -0.4 is 9.47 Å². The van der Waals surface area contributed by atoms with Crippen LogP contribution in [0.1, 0.15) is 79.2 Å². The fourth-order valence-electron chi connectivity index (χ4n) is 3.82. The molecule has 33 heavy (non-hydrogen) atoms. The minimum Gasteiger partial charge on any atom is -0.465 e. The summed E-state index contributed by atoms with van der Waals surface area (Å²) in [6.45, 7) is 16.1. The van der Waals surface area contributed by atoms with Crippen LogP contribution in [0.15, 0.2) is 54.6 Å². The molecule has 0 aliphatic carbocycles. The summed E-state index contributed by atoms with van der Waals surface area (Å²) in [5, 5.41) is 0. The largest absolute Gasteiger partial charge is 0.465 e. The predicted molar refractivity (Wildman–Crippen MR) is 135 cm³/mol. The van der Waals surface area contributed by atoms with Gasteiger partial charge in [0.25, 0.3) is 0 Å². The number of hydrogen-bond donors (Lipinski definition) is 0. The number of para-hydroxylation sites is 1. The van der Waals surface area contributed by atoms with Crippen molar-refractivity contribution >= 4 is 5.97 Å². The molecule has 0 aromatic heterocycles. The SMILES string of the molecule is CC(C)CC(c1ccc(OC(OCCCC(=O)Oc2ccccc2)C(C)C)cc1)C(C)(C)C. The molecule has 2 atom stereocenters. The highest BCUT2D eigenvalue weighted by Crippen LogP contribution is 2.40. The van der Waals surface area contributed by atoms with Crippen molar-refractivity contribution in [3.8, 4) is 11.5 Å². The van der Waals surface area contributed by atoms with E-state index in [4.69, 9.17) is 14.2 Å². The third-order valence-electron chi connectivity index (χ3n) is 5.61. The maximum absolute atomic E-state index is 12.0. The molecule has 0 saturated carbocycles. The fourth-order valence-corrected chi connectivity index (χ4v) is 3.82. The van der Waals surface area contributed by atoms with Crippen molar-refractivity contribution in [2.24, 2.45) is 17.3 Å². The summed E-state index contributed by atoms with van der Waals surface area (Å²) in [6.07, 6.45) is 1.68. The number of carbonyl (C=O) groups is 1. The summed E-state index contributed by atoms with van der Waals surface area (Å²) in [4.78, 5) is 12.0. The van der Waals surface area contributed by atoms with Crippen LogP contribution in [0, 0.1) is 17.3 Å². The molecule has 0 heterocycles. The molecule has 0 fully saturated rings. The highest BCUT2D eigenvalue weighted by atomic mass is 16.7. The van der Waals surface area contributed by atoms with Gasteiger partial charge in [0.05, 0.1) is 6.61 Å². The predicted octanol–water partition coefficient (Wildman–Crippen LogP) is 7.63. The summed E-state index contributed by atoms with van der Waals surface area (Å²) < 4.78 is 17.4. The minimum absolute atomic E-state index is 0.184. The second-order valence-electron chi connectivity index (χ2n) is 10.6. The normalized spacial score (nSPS) is 13.7. The first kappa shape index (κ1) is 26.9. The molecule has 4 heteroatoms. The maximum Gasteiger partial charge on any atom is 0.311 e. The molecule has 2 aromatic rings. The number of rotatable bonds is 12. The third kappa shape index (κ3) is 9.59. The average molecular weight is 455 g/mol. The van der Waals surface area contributed by atoms with E-state index < -0.39 is 0 Å². The lowest BCUT2D eigenvalue weighted by atomic mass is 9.72. The second-order valence-corrected chi connectivity index (χ2v) is 10.6. The van der Waals surface area contributed by atoms with Gasteiger partial charge in [0.1, 0.15) is 11.5 Å². The zero-order valence-corrected chi connectivity index (χ0v) is 21.5. The van der Waals surface area contributed by atoms with E-state index in [1.165, 1.54) is 5.56 Å². The van der Waals surface area contributed by atoms with Crippen molar-refractivity contribution in [1.82, 2.24) is 0 Å². The Morgan fingerprint density at radius 1 is 0.879 bits per heavy atom. The Kier molecular flexibility index (Phi) is 10.4. The fraction of sp³-hybridized carbons (Fsp3) is 0.552. The summed E-state index contributed by atoms with van der Waals surface area (Å²) in [6, 6.07) is 17.6. The van der Waals surface area contributed by atoms with E-state index in [-0.39, 0.29) is 23.6 Å². The Balaban J connectivity index is 1.86. The average Bonchev–Trinajstić information content (AvgIpc) is 2.74. The first-order valence-electron chi connectivity index (χ1n) is 12.2. The molecule has 0 aliphatic heterocycles. The van der Waals surface area contributed by atoms with Gasteiger partial charge >= 0.3 is 5.97 Å². The zero-order valence-electron chi connectivity index (χ0n) is 21.5. The van der Waals surface area contributed by atoms with Crippen LogP contribution in [0.5, 0.6) is 11.5 Å². The van der Waals surface area contributed by atoms with E-state index in [2.05, 4.69) is 60.6 Å². The Hall–Kier alpha value is -2.33. The number of ether oxygens (including phenoxy) is 3. The van der Waals surface area contributed by atoms with E-state index in [0.29, 0.717) is 37.0 Å². The second kappa shape index (κ2) is 12.8.